The first-order valence-corrected chi connectivity index (χ1v) is 6.81. The SMILES string of the molecule is C=CCOc1ccccc1C=C(C(=O)OC)C(=O)C(OC)OC. The van der Waals surface area contributed by atoms with E-state index in [0.29, 0.717) is 17.9 Å². The molecule has 0 heterocycles. The lowest BCUT2D eigenvalue weighted by Gasteiger charge is -2.14. The minimum Gasteiger partial charge on any atom is -0.489 e. The van der Waals surface area contributed by atoms with Crippen LogP contribution in [0.25, 0.3) is 6.08 Å². The third kappa shape index (κ3) is 5.05. The van der Waals surface area contributed by atoms with E-state index < -0.39 is 18.0 Å². The number of benzene rings is 1. The van der Waals surface area contributed by atoms with Gasteiger partial charge in [0.25, 0.3) is 0 Å². The summed E-state index contributed by atoms with van der Waals surface area (Å²) in [5, 5.41) is 0. The normalized spacial score (nSPS) is 11.2. The molecule has 6 heteroatoms. The smallest absolute Gasteiger partial charge is 0.341 e. The summed E-state index contributed by atoms with van der Waals surface area (Å²) in [5.74, 6) is -0.916. The van der Waals surface area contributed by atoms with E-state index in [4.69, 9.17) is 14.2 Å². The summed E-state index contributed by atoms with van der Waals surface area (Å²) in [4.78, 5) is 24.3. The number of esters is 1. The maximum absolute atomic E-state index is 12.4. The Morgan fingerprint density at radius 1 is 1.17 bits per heavy atom. The number of carbonyl (C=O) groups is 2. The minimum atomic E-state index is -1.19. The molecule has 0 bridgehead atoms. The molecule has 0 aliphatic rings. The van der Waals surface area contributed by atoms with Crippen LogP contribution in [0.15, 0.2) is 42.5 Å². The number of rotatable bonds is 9. The lowest BCUT2D eigenvalue weighted by Crippen LogP contribution is -2.29. The summed E-state index contributed by atoms with van der Waals surface area (Å²) in [5.41, 5.74) is 0.352. The van der Waals surface area contributed by atoms with Gasteiger partial charge < -0.3 is 18.9 Å². The fourth-order valence-corrected chi connectivity index (χ4v) is 1.81. The van der Waals surface area contributed by atoms with Gasteiger partial charge in [0.1, 0.15) is 17.9 Å². The fourth-order valence-electron chi connectivity index (χ4n) is 1.81. The van der Waals surface area contributed by atoms with Crippen molar-refractivity contribution in [3.8, 4) is 5.75 Å². The summed E-state index contributed by atoms with van der Waals surface area (Å²) < 4.78 is 20.0. The van der Waals surface area contributed by atoms with E-state index in [1.54, 1.807) is 30.3 Å². The Labute approximate surface area is 135 Å². The van der Waals surface area contributed by atoms with E-state index >= 15 is 0 Å². The van der Waals surface area contributed by atoms with Crippen LogP contribution in [-0.2, 0) is 23.8 Å². The molecule has 124 valence electrons. The standard InChI is InChI=1S/C17H20O6/c1-5-10-23-14-9-7-6-8-12(14)11-13(16(19)20-2)15(18)17(21-3)22-4/h5-9,11,17H,1,10H2,2-4H3. The Morgan fingerprint density at radius 2 is 1.83 bits per heavy atom. The van der Waals surface area contributed by atoms with Crippen LogP contribution in [0, 0.1) is 0 Å². The van der Waals surface area contributed by atoms with Gasteiger partial charge in [0.15, 0.2) is 0 Å². The van der Waals surface area contributed by atoms with Crippen molar-refractivity contribution < 1.29 is 28.5 Å². The molecule has 0 aliphatic carbocycles. The Morgan fingerprint density at radius 3 is 2.39 bits per heavy atom. The van der Waals surface area contributed by atoms with E-state index in [9.17, 15) is 9.59 Å². The predicted molar refractivity (Wildman–Crippen MR) is 84.9 cm³/mol. The van der Waals surface area contributed by atoms with Crippen LogP contribution in [0.4, 0.5) is 0 Å². The maximum atomic E-state index is 12.4. The highest BCUT2D eigenvalue weighted by Crippen LogP contribution is 2.22. The van der Waals surface area contributed by atoms with E-state index in [-0.39, 0.29) is 5.57 Å². The molecule has 1 aromatic carbocycles. The van der Waals surface area contributed by atoms with Gasteiger partial charge in [-0.05, 0) is 12.1 Å². The van der Waals surface area contributed by atoms with Gasteiger partial charge in [0.2, 0.25) is 12.1 Å². The number of methoxy groups -OCH3 is 3. The molecule has 0 spiro atoms. The van der Waals surface area contributed by atoms with Crippen LogP contribution in [0.1, 0.15) is 5.56 Å². The lowest BCUT2D eigenvalue weighted by molar-refractivity contribution is -0.155. The van der Waals surface area contributed by atoms with E-state index in [1.165, 1.54) is 27.4 Å². The monoisotopic (exact) mass is 320 g/mol. The molecule has 0 saturated carbocycles. The molecule has 0 aromatic heterocycles. The quantitative estimate of drug-likeness (QED) is 0.173. The van der Waals surface area contributed by atoms with Crippen molar-refractivity contribution in [1.82, 2.24) is 0 Å². The van der Waals surface area contributed by atoms with Crippen LogP contribution < -0.4 is 4.74 Å². The van der Waals surface area contributed by atoms with E-state index in [1.807, 2.05) is 0 Å². The highest BCUT2D eigenvalue weighted by molar-refractivity contribution is 6.21. The van der Waals surface area contributed by atoms with Crippen molar-refractivity contribution in [2.45, 2.75) is 6.29 Å². The number of Topliss-reactive ketones (excluding diaryl/α,β-unsaturated/α-hetero) is 1. The van der Waals surface area contributed by atoms with Crippen LogP contribution in [-0.4, -0.2) is 46.0 Å². The molecule has 1 rings (SSSR count). The minimum absolute atomic E-state index is 0.198. The molecule has 0 saturated heterocycles. The summed E-state index contributed by atoms with van der Waals surface area (Å²) in [6, 6.07) is 6.97. The molecule has 1 aromatic rings. The van der Waals surface area contributed by atoms with Gasteiger partial charge in [0, 0.05) is 19.8 Å². The zero-order chi connectivity index (χ0) is 17.2. The maximum Gasteiger partial charge on any atom is 0.341 e. The fraction of sp³-hybridized carbons (Fsp3) is 0.294. The highest BCUT2D eigenvalue weighted by atomic mass is 16.7. The first kappa shape index (κ1) is 18.6. The van der Waals surface area contributed by atoms with Gasteiger partial charge in [-0.25, -0.2) is 4.79 Å². The second-order valence-corrected chi connectivity index (χ2v) is 4.35. The van der Waals surface area contributed by atoms with E-state index in [2.05, 4.69) is 11.3 Å². The molecule has 0 amide bonds. The zero-order valence-electron chi connectivity index (χ0n) is 13.4. The second kappa shape index (κ2) is 9.55. The van der Waals surface area contributed by atoms with Crippen molar-refractivity contribution >= 4 is 17.8 Å². The predicted octanol–water partition coefficient (Wildman–Crippen LogP) is 2.00. The van der Waals surface area contributed by atoms with Crippen LogP contribution >= 0.6 is 0 Å². The number of hydrogen-bond acceptors (Lipinski definition) is 6. The Balaban J connectivity index is 3.27. The van der Waals surface area contributed by atoms with Crippen LogP contribution in [0.3, 0.4) is 0 Å². The lowest BCUT2D eigenvalue weighted by atomic mass is 10.1. The molecule has 0 unspecified atom stereocenters. The van der Waals surface area contributed by atoms with Crippen molar-refractivity contribution in [1.29, 1.82) is 0 Å². The molecule has 6 nitrogen and oxygen atoms in total. The Hall–Kier alpha value is -2.44. The largest absolute Gasteiger partial charge is 0.489 e. The van der Waals surface area contributed by atoms with Crippen molar-refractivity contribution in [2.75, 3.05) is 27.9 Å². The molecule has 0 N–H and O–H groups in total. The van der Waals surface area contributed by atoms with Crippen LogP contribution in [0.2, 0.25) is 0 Å². The topological polar surface area (TPSA) is 71.1 Å². The summed E-state index contributed by atoms with van der Waals surface area (Å²) >= 11 is 0. The zero-order valence-corrected chi connectivity index (χ0v) is 13.4. The second-order valence-electron chi connectivity index (χ2n) is 4.35. The number of ketones is 1. The van der Waals surface area contributed by atoms with Crippen molar-refractivity contribution in [3.05, 3.63) is 48.1 Å². The molecule has 0 radical (unpaired) electrons. The number of para-hydroxylation sites is 1. The average molecular weight is 320 g/mol. The van der Waals surface area contributed by atoms with Gasteiger partial charge in [-0.2, -0.15) is 0 Å². The summed E-state index contributed by atoms with van der Waals surface area (Å²) in [6.07, 6.45) is 1.79. The van der Waals surface area contributed by atoms with Crippen molar-refractivity contribution in [3.63, 3.8) is 0 Å². The van der Waals surface area contributed by atoms with E-state index in [0.717, 1.165) is 0 Å². The third-order valence-electron chi connectivity index (χ3n) is 2.89. The third-order valence-corrected chi connectivity index (χ3v) is 2.89. The molecule has 23 heavy (non-hydrogen) atoms. The van der Waals surface area contributed by atoms with Gasteiger partial charge in [-0.1, -0.05) is 30.9 Å². The first-order valence-electron chi connectivity index (χ1n) is 6.81. The van der Waals surface area contributed by atoms with Crippen molar-refractivity contribution in [2.24, 2.45) is 0 Å². The molecular weight excluding hydrogens is 300 g/mol. The summed E-state index contributed by atoms with van der Waals surface area (Å²) in [6.45, 7) is 3.88. The molecule has 0 fully saturated rings. The number of ether oxygens (including phenoxy) is 4. The molecule has 0 atom stereocenters. The Kier molecular flexibility index (Phi) is 7.73. The van der Waals surface area contributed by atoms with Gasteiger partial charge >= 0.3 is 5.97 Å². The van der Waals surface area contributed by atoms with Gasteiger partial charge in [-0.15, -0.1) is 0 Å². The van der Waals surface area contributed by atoms with Crippen LogP contribution in [0.5, 0.6) is 5.75 Å². The first-order chi connectivity index (χ1) is 11.1. The van der Waals surface area contributed by atoms with Gasteiger partial charge in [-0.3, -0.25) is 4.79 Å². The molecule has 0 aliphatic heterocycles. The summed E-state index contributed by atoms with van der Waals surface area (Å²) in [7, 11) is 3.81. The number of hydrogen-bond donors (Lipinski definition) is 0. The Bertz CT molecular complexity index is 587. The van der Waals surface area contributed by atoms with Gasteiger partial charge in [0.05, 0.1) is 7.11 Å². The highest BCUT2D eigenvalue weighted by Gasteiger charge is 2.27. The molecular formula is C17H20O6. The average Bonchev–Trinajstić information content (AvgIpc) is 2.58. The number of carbonyl (C=O) groups excluding carboxylic acids is 2.